The van der Waals surface area contributed by atoms with E-state index in [-0.39, 0.29) is 11.2 Å². The SMILES string of the molecule is CC1(COc2ccc(C(=O)CCN)cc2)COC1. The first kappa shape index (κ1) is 13.1. The molecular formula is C14H19NO3. The Balaban J connectivity index is 1.89. The number of ether oxygens (including phenoxy) is 2. The predicted octanol–water partition coefficient (Wildman–Crippen LogP) is 1.63. The average molecular weight is 249 g/mol. The lowest BCUT2D eigenvalue weighted by Crippen LogP contribution is -2.44. The zero-order chi connectivity index (χ0) is 13.0. The lowest BCUT2D eigenvalue weighted by molar-refractivity contribution is -0.120. The summed E-state index contributed by atoms with van der Waals surface area (Å²) in [4.78, 5) is 11.6. The zero-order valence-electron chi connectivity index (χ0n) is 10.6. The summed E-state index contributed by atoms with van der Waals surface area (Å²) in [5.41, 5.74) is 6.18. The van der Waals surface area contributed by atoms with Crippen molar-refractivity contribution in [3.63, 3.8) is 0 Å². The molecule has 0 aliphatic carbocycles. The van der Waals surface area contributed by atoms with Crippen LogP contribution in [0.3, 0.4) is 0 Å². The second-order valence-corrected chi connectivity index (χ2v) is 5.08. The van der Waals surface area contributed by atoms with Crippen LogP contribution >= 0.6 is 0 Å². The largest absolute Gasteiger partial charge is 0.493 e. The smallest absolute Gasteiger partial charge is 0.164 e. The number of carbonyl (C=O) groups excluding carboxylic acids is 1. The van der Waals surface area contributed by atoms with Gasteiger partial charge in [-0.15, -0.1) is 0 Å². The molecule has 0 aromatic heterocycles. The zero-order valence-corrected chi connectivity index (χ0v) is 10.6. The van der Waals surface area contributed by atoms with Gasteiger partial charge in [0.05, 0.1) is 19.8 Å². The van der Waals surface area contributed by atoms with Crippen molar-refractivity contribution in [2.24, 2.45) is 11.1 Å². The fourth-order valence-electron chi connectivity index (χ4n) is 1.80. The standard InChI is InChI=1S/C14H19NO3/c1-14(8-17-9-14)10-18-12-4-2-11(3-5-12)13(16)6-7-15/h2-5H,6-10,15H2,1H3. The van der Waals surface area contributed by atoms with E-state index >= 15 is 0 Å². The van der Waals surface area contributed by atoms with E-state index in [9.17, 15) is 4.79 Å². The first-order chi connectivity index (χ1) is 8.63. The van der Waals surface area contributed by atoms with Crippen molar-refractivity contribution in [3.05, 3.63) is 29.8 Å². The fraction of sp³-hybridized carbons (Fsp3) is 0.500. The van der Waals surface area contributed by atoms with Gasteiger partial charge >= 0.3 is 0 Å². The minimum Gasteiger partial charge on any atom is -0.493 e. The lowest BCUT2D eigenvalue weighted by atomic mass is 9.90. The summed E-state index contributed by atoms with van der Waals surface area (Å²) in [7, 11) is 0. The Hall–Kier alpha value is -1.39. The first-order valence-electron chi connectivity index (χ1n) is 6.17. The monoisotopic (exact) mass is 249 g/mol. The normalized spacial score (nSPS) is 17.0. The Morgan fingerprint density at radius 2 is 2.06 bits per heavy atom. The van der Waals surface area contributed by atoms with Crippen molar-refractivity contribution >= 4 is 5.78 Å². The second kappa shape index (κ2) is 5.50. The molecule has 1 aliphatic rings. The van der Waals surface area contributed by atoms with E-state index in [0.717, 1.165) is 19.0 Å². The summed E-state index contributed by atoms with van der Waals surface area (Å²) in [6.45, 7) is 4.66. The topological polar surface area (TPSA) is 61.5 Å². The van der Waals surface area contributed by atoms with Gasteiger partial charge in [-0.1, -0.05) is 6.92 Å². The van der Waals surface area contributed by atoms with Gasteiger partial charge in [-0.25, -0.2) is 0 Å². The van der Waals surface area contributed by atoms with E-state index in [1.165, 1.54) is 0 Å². The maximum Gasteiger partial charge on any atom is 0.164 e. The number of Topliss-reactive ketones (excluding diaryl/α,β-unsaturated/α-hetero) is 1. The molecular weight excluding hydrogens is 230 g/mol. The van der Waals surface area contributed by atoms with Crippen LogP contribution in [0.15, 0.2) is 24.3 Å². The molecule has 1 saturated heterocycles. The molecule has 1 heterocycles. The van der Waals surface area contributed by atoms with Crippen LogP contribution in [-0.2, 0) is 4.74 Å². The van der Waals surface area contributed by atoms with Crippen molar-refractivity contribution < 1.29 is 14.3 Å². The van der Waals surface area contributed by atoms with Crippen molar-refractivity contribution in [2.75, 3.05) is 26.4 Å². The fourth-order valence-corrected chi connectivity index (χ4v) is 1.80. The summed E-state index contributed by atoms with van der Waals surface area (Å²) in [5, 5.41) is 0. The summed E-state index contributed by atoms with van der Waals surface area (Å²) in [5.74, 6) is 0.857. The molecule has 1 aromatic rings. The van der Waals surface area contributed by atoms with Gasteiger partial charge < -0.3 is 15.2 Å². The van der Waals surface area contributed by atoms with Gasteiger partial charge in [0.25, 0.3) is 0 Å². The van der Waals surface area contributed by atoms with Crippen molar-refractivity contribution in [1.29, 1.82) is 0 Å². The van der Waals surface area contributed by atoms with Crippen LogP contribution in [0, 0.1) is 5.41 Å². The van der Waals surface area contributed by atoms with Crippen LogP contribution in [0.2, 0.25) is 0 Å². The molecule has 2 N–H and O–H groups in total. The number of rotatable bonds is 6. The van der Waals surface area contributed by atoms with E-state index < -0.39 is 0 Å². The Kier molecular flexibility index (Phi) is 3.99. The third-order valence-electron chi connectivity index (χ3n) is 3.04. The number of nitrogens with two attached hydrogens (primary N) is 1. The van der Waals surface area contributed by atoms with Crippen LogP contribution in [-0.4, -0.2) is 32.1 Å². The third kappa shape index (κ3) is 3.09. The summed E-state index contributed by atoms with van der Waals surface area (Å²) in [6.07, 6.45) is 0.385. The second-order valence-electron chi connectivity index (χ2n) is 5.08. The molecule has 0 bridgehead atoms. The molecule has 18 heavy (non-hydrogen) atoms. The van der Waals surface area contributed by atoms with E-state index in [0.29, 0.717) is 25.1 Å². The Morgan fingerprint density at radius 3 is 2.56 bits per heavy atom. The quantitative estimate of drug-likeness (QED) is 0.778. The Morgan fingerprint density at radius 1 is 1.39 bits per heavy atom. The number of carbonyl (C=O) groups is 1. The Bertz CT molecular complexity index is 410. The van der Waals surface area contributed by atoms with E-state index in [2.05, 4.69) is 6.92 Å². The molecule has 1 aliphatic heterocycles. The minimum absolute atomic E-state index is 0.0726. The molecule has 4 nitrogen and oxygen atoms in total. The molecule has 0 atom stereocenters. The molecule has 0 radical (unpaired) electrons. The molecule has 0 spiro atoms. The summed E-state index contributed by atoms with van der Waals surface area (Å²) < 4.78 is 10.9. The summed E-state index contributed by atoms with van der Waals surface area (Å²) in [6, 6.07) is 7.22. The van der Waals surface area contributed by atoms with Gasteiger partial charge in [0.15, 0.2) is 5.78 Å². The van der Waals surface area contributed by atoms with E-state index in [1.54, 1.807) is 12.1 Å². The third-order valence-corrected chi connectivity index (χ3v) is 3.04. The first-order valence-corrected chi connectivity index (χ1v) is 6.17. The van der Waals surface area contributed by atoms with Gasteiger partial charge in [0.2, 0.25) is 0 Å². The van der Waals surface area contributed by atoms with Crippen LogP contribution in [0.25, 0.3) is 0 Å². The van der Waals surface area contributed by atoms with Crippen LogP contribution in [0.1, 0.15) is 23.7 Å². The molecule has 0 unspecified atom stereocenters. The van der Waals surface area contributed by atoms with Gasteiger partial charge in [-0.2, -0.15) is 0 Å². The number of ketones is 1. The molecule has 1 fully saturated rings. The van der Waals surface area contributed by atoms with E-state index in [1.807, 2.05) is 12.1 Å². The van der Waals surface area contributed by atoms with Crippen molar-refractivity contribution in [1.82, 2.24) is 0 Å². The van der Waals surface area contributed by atoms with Gasteiger partial charge in [0, 0.05) is 17.4 Å². The van der Waals surface area contributed by atoms with Crippen LogP contribution in [0.4, 0.5) is 0 Å². The predicted molar refractivity (Wildman–Crippen MR) is 68.9 cm³/mol. The number of hydrogen-bond acceptors (Lipinski definition) is 4. The lowest BCUT2D eigenvalue weighted by Gasteiger charge is -2.37. The molecule has 2 rings (SSSR count). The highest BCUT2D eigenvalue weighted by Crippen LogP contribution is 2.27. The molecule has 98 valence electrons. The molecule has 4 heteroatoms. The number of hydrogen-bond donors (Lipinski definition) is 1. The Labute approximate surface area is 107 Å². The number of benzene rings is 1. The van der Waals surface area contributed by atoms with Gasteiger partial charge in [0.1, 0.15) is 5.75 Å². The van der Waals surface area contributed by atoms with Crippen molar-refractivity contribution in [2.45, 2.75) is 13.3 Å². The van der Waals surface area contributed by atoms with Gasteiger partial charge in [-0.05, 0) is 30.8 Å². The molecule has 0 saturated carbocycles. The summed E-state index contributed by atoms with van der Waals surface area (Å²) >= 11 is 0. The van der Waals surface area contributed by atoms with Crippen LogP contribution in [0.5, 0.6) is 5.75 Å². The van der Waals surface area contributed by atoms with E-state index in [4.69, 9.17) is 15.2 Å². The highest BCUT2D eigenvalue weighted by molar-refractivity contribution is 5.96. The maximum atomic E-state index is 11.6. The van der Waals surface area contributed by atoms with Crippen molar-refractivity contribution in [3.8, 4) is 5.75 Å². The highest BCUT2D eigenvalue weighted by atomic mass is 16.5. The van der Waals surface area contributed by atoms with Crippen LogP contribution < -0.4 is 10.5 Å². The molecule has 1 aromatic carbocycles. The van der Waals surface area contributed by atoms with Gasteiger partial charge in [-0.3, -0.25) is 4.79 Å². The molecule has 0 amide bonds. The maximum absolute atomic E-state index is 11.6. The minimum atomic E-state index is 0.0726. The highest BCUT2D eigenvalue weighted by Gasteiger charge is 2.34. The average Bonchev–Trinajstić information content (AvgIpc) is 2.35.